The van der Waals surface area contributed by atoms with Gasteiger partial charge < -0.3 is 14.6 Å². The molecule has 0 fully saturated rings. The molecule has 2 rings (SSSR count). The maximum Gasteiger partial charge on any atom is 0.426 e. The molecule has 0 atom stereocenters. The van der Waals surface area contributed by atoms with Crippen molar-refractivity contribution in [1.82, 2.24) is 0 Å². The summed E-state index contributed by atoms with van der Waals surface area (Å²) in [4.78, 5) is 10.5. The van der Waals surface area contributed by atoms with Gasteiger partial charge in [0.25, 0.3) is 0 Å². The van der Waals surface area contributed by atoms with Crippen LogP contribution < -0.4 is 9.47 Å². The second-order valence-corrected chi connectivity index (χ2v) is 6.07. The highest BCUT2D eigenvalue weighted by atomic mass is 19.4. The predicted octanol–water partition coefficient (Wildman–Crippen LogP) is 5.77. The first-order valence-electron chi connectivity index (χ1n) is 8.54. The summed E-state index contributed by atoms with van der Waals surface area (Å²) in [7, 11) is 0. The van der Waals surface area contributed by atoms with Crippen molar-refractivity contribution >= 4 is 12.0 Å². The molecule has 0 saturated carbocycles. The van der Waals surface area contributed by atoms with Gasteiger partial charge in [0, 0.05) is 18.6 Å². The molecule has 4 nitrogen and oxygen atoms in total. The zero-order valence-corrected chi connectivity index (χ0v) is 15.3. The number of rotatable bonds is 9. The third-order valence-corrected chi connectivity index (χ3v) is 3.68. The monoisotopic (exact) mass is 434 g/mol. The Balaban J connectivity index is 2.00. The third-order valence-electron chi connectivity index (χ3n) is 3.68. The van der Waals surface area contributed by atoms with Crippen molar-refractivity contribution in [1.29, 1.82) is 0 Å². The third kappa shape index (κ3) is 7.34. The topological polar surface area (TPSA) is 55.8 Å². The molecule has 0 aliphatic heterocycles. The molecule has 0 heterocycles. The van der Waals surface area contributed by atoms with E-state index >= 15 is 0 Å². The normalized spacial score (nSPS) is 12.2. The Hall–Kier alpha value is -3.17. The molecule has 0 aliphatic carbocycles. The minimum atomic E-state index is -4.35. The standard InChI is InChI=1S/C20H16F6O4/c21-16-12-15(7-8-17(16)29-11-1-10-19(22,23)24)30-20(25,26)14-5-2-13(3-6-14)4-9-18(27)28/h2-9,12H,1,10-11H2,(H,27,28)/b9-4+. The molecule has 10 heteroatoms. The van der Waals surface area contributed by atoms with Crippen LogP contribution in [0.2, 0.25) is 0 Å². The Morgan fingerprint density at radius 2 is 1.70 bits per heavy atom. The summed E-state index contributed by atoms with van der Waals surface area (Å²) in [6, 6.07) is 7.17. The Morgan fingerprint density at radius 3 is 2.27 bits per heavy atom. The number of halogens is 6. The first-order valence-corrected chi connectivity index (χ1v) is 8.54. The number of aliphatic carboxylic acids is 1. The summed E-state index contributed by atoms with van der Waals surface area (Å²) >= 11 is 0. The van der Waals surface area contributed by atoms with Gasteiger partial charge in [-0.15, -0.1) is 0 Å². The van der Waals surface area contributed by atoms with Crippen LogP contribution in [0.1, 0.15) is 24.0 Å². The van der Waals surface area contributed by atoms with Gasteiger partial charge in [0.2, 0.25) is 0 Å². The van der Waals surface area contributed by atoms with E-state index in [1.807, 2.05) is 0 Å². The van der Waals surface area contributed by atoms with Crippen LogP contribution in [-0.4, -0.2) is 23.9 Å². The lowest BCUT2D eigenvalue weighted by molar-refractivity contribution is -0.185. The molecule has 162 valence electrons. The van der Waals surface area contributed by atoms with Gasteiger partial charge in [-0.1, -0.05) is 12.1 Å². The molecular formula is C20H16F6O4. The average Bonchev–Trinajstić information content (AvgIpc) is 2.64. The van der Waals surface area contributed by atoms with Crippen molar-refractivity contribution in [3.8, 4) is 11.5 Å². The summed E-state index contributed by atoms with van der Waals surface area (Å²) in [6.07, 6.45) is -7.58. The van der Waals surface area contributed by atoms with E-state index in [1.54, 1.807) is 0 Å². The van der Waals surface area contributed by atoms with Crippen molar-refractivity contribution in [2.75, 3.05) is 6.61 Å². The van der Waals surface area contributed by atoms with E-state index in [1.165, 1.54) is 18.2 Å². The van der Waals surface area contributed by atoms with Gasteiger partial charge >= 0.3 is 18.3 Å². The molecular weight excluding hydrogens is 418 g/mol. The lowest BCUT2D eigenvalue weighted by atomic mass is 10.1. The first kappa shape index (κ1) is 23.1. The zero-order chi connectivity index (χ0) is 22.4. The first-order chi connectivity index (χ1) is 14.0. The maximum absolute atomic E-state index is 14.3. The van der Waals surface area contributed by atoms with Crippen LogP contribution in [0.25, 0.3) is 6.08 Å². The number of carbonyl (C=O) groups is 1. The smallest absolute Gasteiger partial charge is 0.426 e. The molecule has 30 heavy (non-hydrogen) atoms. The predicted molar refractivity (Wildman–Crippen MR) is 94.8 cm³/mol. The van der Waals surface area contributed by atoms with E-state index in [0.717, 1.165) is 30.3 Å². The fourth-order valence-corrected chi connectivity index (χ4v) is 2.28. The SMILES string of the molecule is O=C(O)/C=C/c1ccc(C(F)(F)Oc2ccc(OCCCC(F)(F)F)c(F)c2)cc1. The van der Waals surface area contributed by atoms with Crippen LogP contribution in [0.4, 0.5) is 26.3 Å². The van der Waals surface area contributed by atoms with Crippen molar-refractivity contribution in [2.24, 2.45) is 0 Å². The maximum atomic E-state index is 14.3. The van der Waals surface area contributed by atoms with Gasteiger partial charge in [-0.3, -0.25) is 0 Å². The van der Waals surface area contributed by atoms with Gasteiger partial charge in [-0.2, -0.15) is 22.0 Å². The van der Waals surface area contributed by atoms with Crippen LogP contribution in [-0.2, 0) is 10.9 Å². The van der Waals surface area contributed by atoms with Crippen molar-refractivity contribution < 1.29 is 45.7 Å². The molecule has 0 spiro atoms. The number of benzene rings is 2. The second kappa shape index (κ2) is 9.55. The van der Waals surface area contributed by atoms with Gasteiger partial charge in [0.05, 0.1) is 12.2 Å². The second-order valence-electron chi connectivity index (χ2n) is 6.07. The van der Waals surface area contributed by atoms with Crippen LogP contribution in [0.15, 0.2) is 48.5 Å². The number of ether oxygens (including phenoxy) is 2. The Morgan fingerprint density at radius 1 is 1.03 bits per heavy atom. The van der Waals surface area contributed by atoms with Crippen molar-refractivity contribution in [2.45, 2.75) is 25.1 Å². The van der Waals surface area contributed by atoms with E-state index in [2.05, 4.69) is 4.74 Å². The zero-order valence-electron chi connectivity index (χ0n) is 15.3. The molecule has 2 aromatic carbocycles. The highest BCUT2D eigenvalue weighted by molar-refractivity contribution is 5.85. The number of alkyl halides is 5. The molecule has 0 unspecified atom stereocenters. The van der Waals surface area contributed by atoms with Crippen molar-refractivity contribution in [3.63, 3.8) is 0 Å². The number of carboxylic acids is 1. The average molecular weight is 434 g/mol. The van der Waals surface area contributed by atoms with E-state index in [9.17, 15) is 31.1 Å². The van der Waals surface area contributed by atoms with Gasteiger partial charge in [0.1, 0.15) is 5.75 Å². The Labute approximate surface area is 167 Å². The van der Waals surface area contributed by atoms with Crippen LogP contribution in [0.3, 0.4) is 0 Å². The van der Waals surface area contributed by atoms with E-state index in [4.69, 9.17) is 9.84 Å². The lowest BCUT2D eigenvalue weighted by Gasteiger charge is -2.19. The number of hydrogen-bond acceptors (Lipinski definition) is 3. The quantitative estimate of drug-likeness (QED) is 0.309. The van der Waals surface area contributed by atoms with Gasteiger partial charge in [-0.05, 0) is 42.3 Å². The fraction of sp³-hybridized carbons (Fsp3) is 0.250. The molecule has 0 bridgehead atoms. The fourth-order valence-electron chi connectivity index (χ4n) is 2.28. The van der Waals surface area contributed by atoms with Crippen molar-refractivity contribution in [3.05, 3.63) is 65.5 Å². The molecule has 0 aliphatic rings. The minimum absolute atomic E-state index is 0.370. The molecule has 0 aromatic heterocycles. The van der Waals surface area contributed by atoms with Crippen LogP contribution in [0, 0.1) is 5.82 Å². The van der Waals surface area contributed by atoms with E-state index < -0.39 is 48.4 Å². The highest BCUT2D eigenvalue weighted by Crippen LogP contribution is 2.33. The molecule has 0 amide bonds. The summed E-state index contributed by atoms with van der Waals surface area (Å²) in [5.41, 5.74) is -0.183. The molecule has 1 N–H and O–H groups in total. The summed E-state index contributed by atoms with van der Waals surface area (Å²) in [5, 5.41) is 8.55. The van der Waals surface area contributed by atoms with E-state index in [0.29, 0.717) is 11.6 Å². The summed E-state index contributed by atoms with van der Waals surface area (Å²) in [6.45, 7) is -0.393. The van der Waals surface area contributed by atoms with E-state index in [-0.39, 0.29) is 12.2 Å². The summed E-state index contributed by atoms with van der Waals surface area (Å²) in [5.74, 6) is -3.16. The van der Waals surface area contributed by atoms with Gasteiger partial charge in [0.15, 0.2) is 11.6 Å². The largest absolute Gasteiger partial charge is 0.491 e. The number of hydrogen-bond donors (Lipinski definition) is 1. The molecule has 0 radical (unpaired) electrons. The van der Waals surface area contributed by atoms with Crippen LogP contribution >= 0.6 is 0 Å². The van der Waals surface area contributed by atoms with Crippen LogP contribution in [0.5, 0.6) is 11.5 Å². The lowest BCUT2D eigenvalue weighted by Crippen LogP contribution is -2.21. The summed E-state index contributed by atoms with van der Waals surface area (Å²) < 4.78 is 88.1. The highest BCUT2D eigenvalue weighted by Gasteiger charge is 2.34. The molecule has 0 saturated heterocycles. The van der Waals surface area contributed by atoms with Gasteiger partial charge in [-0.25, -0.2) is 9.18 Å². The number of carboxylic acid groups (broad SMARTS) is 1. The Kier molecular flexibility index (Phi) is 7.36. The Bertz CT molecular complexity index is 891. The minimum Gasteiger partial charge on any atom is -0.491 e. The molecule has 2 aromatic rings.